The van der Waals surface area contributed by atoms with Crippen molar-refractivity contribution in [1.82, 2.24) is 15.1 Å². The van der Waals surface area contributed by atoms with Crippen molar-refractivity contribution in [2.45, 2.75) is 6.92 Å². The van der Waals surface area contributed by atoms with Crippen LogP contribution in [-0.4, -0.2) is 63.2 Å². The van der Waals surface area contributed by atoms with Crippen molar-refractivity contribution >= 4 is 0 Å². The molecule has 0 aromatic carbocycles. The van der Waals surface area contributed by atoms with E-state index in [2.05, 4.69) is 36.1 Å². The van der Waals surface area contributed by atoms with Gasteiger partial charge in [-0.05, 0) is 26.6 Å². The molecule has 0 spiro atoms. The van der Waals surface area contributed by atoms with Crippen molar-refractivity contribution < 1.29 is 0 Å². The van der Waals surface area contributed by atoms with E-state index in [4.69, 9.17) is 0 Å². The Labute approximate surface area is 82.1 Å². The number of nitrogens with zero attached hydrogens (tertiary/aromatic N) is 2. The van der Waals surface area contributed by atoms with Gasteiger partial charge in [0, 0.05) is 32.7 Å². The first-order chi connectivity index (χ1) is 6.18. The Balaban J connectivity index is 2.22. The zero-order valence-electron chi connectivity index (χ0n) is 9.21. The standard InChI is InChI=1S/C10H23N3/c1-10-8-11-4-5-13(9-10)7-6-12(2)3/h10-11H,4-9H2,1-3H3. The third-order valence-corrected chi connectivity index (χ3v) is 2.53. The molecule has 78 valence electrons. The lowest BCUT2D eigenvalue weighted by Crippen LogP contribution is -2.35. The summed E-state index contributed by atoms with van der Waals surface area (Å²) in [5, 5.41) is 3.46. The van der Waals surface area contributed by atoms with Crippen molar-refractivity contribution in [3.05, 3.63) is 0 Å². The van der Waals surface area contributed by atoms with Crippen LogP contribution < -0.4 is 5.32 Å². The molecule has 13 heavy (non-hydrogen) atoms. The Hall–Kier alpha value is -0.120. The number of nitrogens with one attached hydrogen (secondary N) is 1. The minimum atomic E-state index is 0.796. The molecule has 3 nitrogen and oxygen atoms in total. The fourth-order valence-corrected chi connectivity index (χ4v) is 1.73. The lowest BCUT2D eigenvalue weighted by atomic mass is 10.2. The Kier molecular flexibility index (Phi) is 4.70. The molecule has 1 rings (SSSR count). The first-order valence-electron chi connectivity index (χ1n) is 5.26. The predicted octanol–water partition coefficient (Wildman–Crippen LogP) is 0.0893. The summed E-state index contributed by atoms with van der Waals surface area (Å²) >= 11 is 0. The van der Waals surface area contributed by atoms with Crippen LogP contribution in [0.5, 0.6) is 0 Å². The highest BCUT2D eigenvalue weighted by atomic mass is 15.2. The summed E-state index contributed by atoms with van der Waals surface area (Å²) in [7, 11) is 4.28. The molecule has 1 aliphatic rings. The molecule has 0 amide bonds. The van der Waals surface area contributed by atoms with Gasteiger partial charge in [-0.3, -0.25) is 0 Å². The van der Waals surface area contributed by atoms with E-state index in [-0.39, 0.29) is 0 Å². The molecular formula is C10H23N3. The first kappa shape index (κ1) is 11.0. The van der Waals surface area contributed by atoms with E-state index in [0.29, 0.717) is 0 Å². The van der Waals surface area contributed by atoms with Gasteiger partial charge < -0.3 is 15.1 Å². The van der Waals surface area contributed by atoms with Gasteiger partial charge in [0.15, 0.2) is 0 Å². The molecule has 0 aromatic rings. The number of hydrogen-bond donors (Lipinski definition) is 1. The van der Waals surface area contributed by atoms with E-state index in [0.717, 1.165) is 12.5 Å². The lowest BCUT2D eigenvalue weighted by Gasteiger charge is -2.23. The van der Waals surface area contributed by atoms with Crippen LogP contribution in [0.15, 0.2) is 0 Å². The molecule has 0 aliphatic carbocycles. The fourth-order valence-electron chi connectivity index (χ4n) is 1.73. The monoisotopic (exact) mass is 185 g/mol. The highest BCUT2D eigenvalue weighted by Gasteiger charge is 2.13. The molecule has 0 radical (unpaired) electrons. The minimum Gasteiger partial charge on any atom is -0.315 e. The molecule has 0 bridgehead atoms. The van der Waals surface area contributed by atoms with Crippen LogP contribution in [0.4, 0.5) is 0 Å². The summed E-state index contributed by atoms with van der Waals surface area (Å²) < 4.78 is 0. The van der Waals surface area contributed by atoms with Gasteiger partial charge in [0.25, 0.3) is 0 Å². The minimum absolute atomic E-state index is 0.796. The summed E-state index contributed by atoms with van der Waals surface area (Å²) in [6, 6.07) is 0. The molecule has 1 atom stereocenters. The van der Waals surface area contributed by atoms with Gasteiger partial charge in [-0.1, -0.05) is 6.92 Å². The highest BCUT2D eigenvalue weighted by Crippen LogP contribution is 2.01. The molecular weight excluding hydrogens is 162 g/mol. The van der Waals surface area contributed by atoms with Gasteiger partial charge in [-0.15, -0.1) is 0 Å². The number of rotatable bonds is 3. The normalized spacial score (nSPS) is 26.3. The molecule has 1 fully saturated rings. The number of hydrogen-bond acceptors (Lipinski definition) is 3. The van der Waals surface area contributed by atoms with Gasteiger partial charge in [-0.25, -0.2) is 0 Å². The summed E-state index contributed by atoms with van der Waals surface area (Å²) in [4.78, 5) is 4.81. The Bertz CT molecular complexity index is 136. The molecule has 1 N–H and O–H groups in total. The summed E-state index contributed by atoms with van der Waals surface area (Å²) in [5.74, 6) is 0.796. The highest BCUT2D eigenvalue weighted by molar-refractivity contribution is 4.71. The maximum atomic E-state index is 3.46. The average Bonchev–Trinajstić information content (AvgIpc) is 2.26. The molecule has 1 aliphatic heterocycles. The van der Waals surface area contributed by atoms with Crippen LogP contribution in [0.3, 0.4) is 0 Å². The Morgan fingerprint density at radius 1 is 1.46 bits per heavy atom. The molecule has 1 saturated heterocycles. The van der Waals surface area contributed by atoms with Crippen LogP contribution in [-0.2, 0) is 0 Å². The maximum absolute atomic E-state index is 3.46. The van der Waals surface area contributed by atoms with Gasteiger partial charge in [0.2, 0.25) is 0 Å². The van der Waals surface area contributed by atoms with Crippen LogP contribution in [0, 0.1) is 5.92 Å². The van der Waals surface area contributed by atoms with E-state index in [1.807, 2.05) is 0 Å². The zero-order chi connectivity index (χ0) is 9.68. The van der Waals surface area contributed by atoms with Crippen molar-refractivity contribution in [2.24, 2.45) is 5.92 Å². The number of likely N-dealkylation sites (N-methyl/N-ethyl adjacent to an activating group) is 1. The molecule has 3 heteroatoms. The van der Waals surface area contributed by atoms with Crippen molar-refractivity contribution in [2.75, 3.05) is 53.4 Å². The quantitative estimate of drug-likeness (QED) is 0.672. The second-order valence-corrected chi connectivity index (χ2v) is 4.41. The van der Waals surface area contributed by atoms with Crippen LogP contribution in [0.2, 0.25) is 0 Å². The Morgan fingerprint density at radius 3 is 2.92 bits per heavy atom. The van der Waals surface area contributed by atoms with Crippen molar-refractivity contribution in [1.29, 1.82) is 0 Å². The van der Waals surface area contributed by atoms with Crippen LogP contribution >= 0.6 is 0 Å². The van der Waals surface area contributed by atoms with E-state index in [9.17, 15) is 0 Å². The van der Waals surface area contributed by atoms with Crippen molar-refractivity contribution in [3.63, 3.8) is 0 Å². The summed E-state index contributed by atoms with van der Waals surface area (Å²) in [5.41, 5.74) is 0. The maximum Gasteiger partial charge on any atom is 0.0110 e. The zero-order valence-corrected chi connectivity index (χ0v) is 9.21. The molecule has 0 aromatic heterocycles. The first-order valence-corrected chi connectivity index (χ1v) is 5.26. The van der Waals surface area contributed by atoms with Gasteiger partial charge in [0.05, 0.1) is 0 Å². The van der Waals surface area contributed by atoms with E-state index in [1.165, 1.54) is 32.7 Å². The van der Waals surface area contributed by atoms with Crippen LogP contribution in [0.1, 0.15) is 6.92 Å². The third kappa shape index (κ3) is 4.60. The Morgan fingerprint density at radius 2 is 2.23 bits per heavy atom. The predicted molar refractivity (Wildman–Crippen MR) is 57.0 cm³/mol. The summed E-state index contributed by atoms with van der Waals surface area (Å²) in [6.45, 7) is 9.49. The third-order valence-electron chi connectivity index (χ3n) is 2.53. The van der Waals surface area contributed by atoms with Crippen molar-refractivity contribution in [3.8, 4) is 0 Å². The van der Waals surface area contributed by atoms with Gasteiger partial charge in [-0.2, -0.15) is 0 Å². The second kappa shape index (κ2) is 5.58. The average molecular weight is 185 g/mol. The largest absolute Gasteiger partial charge is 0.315 e. The molecule has 0 saturated carbocycles. The lowest BCUT2D eigenvalue weighted by molar-refractivity contribution is 0.234. The smallest absolute Gasteiger partial charge is 0.0110 e. The van der Waals surface area contributed by atoms with E-state index < -0.39 is 0 Å². The van der Waals surface area contributed by atoms with Gasteiger partial charge in [0.1, 0.15) is 0 Å². The summed E-state index contributed by atoms with van der Waals surface area (Å²) in [6.07, 6.45) is 0. The SMILES string of the molecule is CC1CNCCN(CCN(C)C)C1. The van der Waals surface area contributed by atoms with E-state index in [1.54, 1.807) is 0 Å². The fraction of sp³-hybridized carbons (Fsp3) is 1.00. The molecule has 1 heterocycles. The second-order valence-electron chi connectivity index (χ2n) is 4.41. The molecule has 1 unspecified atom stereocenters. The van der Waals surface area contributed by atoms with Crippen LogP contribution in [0.25, 0.3) is 0 Å². The topological polar surface area (TPSA) is 18.5 Å². The van der Waals surface area contributed by atoms with Gasteiger partial charge >= 0.3 is 0 Å². The van der Waals surface area contributed by atoms with E-state index >= 15 is 0 Å².